The molecule has 0 aliphatic carbocycles. The molecule has 11 heteroatoms. The fourth-order valence-electron chi connectivity index (χ4n) is 2.31. The highest BCUT2D eigenvalue weighted by atomic mass is 32.2. The third kappa shape index (κ3) is 5.42. The van der Waals surface area contributed by atoms with Crippen LogP contribution in [0.15, 0.2) is 41.6 Å². The summed E-state index contributed by atoms with van der Waals surface area (Å²) in [5, 5.41) is 3.29. The molecule has 1 aromatic carbocycles. The number of carbonyl (C=O) groups is 2. The maximum Gasteiger partial charge on any atom is 0.350 e. The lowest BCUT2D eigenvalue weighted by Crippen LogP contribution is -2.14. The molecule has 0 spiro atoms. The van der Waals surface area contributed by atoms with E-state index in [-0.39, 0.29) is 29.9 Å². The number of thioether (sulfide) groups is 1. The van der Waals surface area contributed by atoms with Crippen LogP contribution in [0.5, 0.6) is 0 Å². The van der Waals surface area contributed by atoms with Crippen molar-refractivity contribution >= 4 is 51.7 Å². The van der Waals surface area contributed by atoms with Crippen molar-refractivity contribution in [2.24, 2.45) is 0 Å². The Kier molecular flexibility index (Phi) is 6.62. The van der Waals surface area contributed by atoms with Crippen molar-refractivity contribution in [2.75, 3.05) is 29.1 Å². The van der Waals surface area contributed by atoms with E-state index in [0.29, 0.717) is 20.9 Å². The molecule has 2 heterocycles. The topological polar surface area (TPSA) is 146 Å². The van der Waals surface area contributed by atoms with Gasteiger partial charge < -0.3 is 21.5 Å². The zero-order chi connectivity index (χ0) is 20.8. The summed E-state index contributed by atoms with van der Waals surface area (Å²) in [6.07, 6.45) is 0. The van der Waals surface area contributed by atoms with E-state index in [1.165, 1.54) is 6.07 Å². The smallest absolute Gasteiger partial charge is 0.350 e. The quantitative estimate of drug-likeness (QED) is 0.292. The Morgan fingerprint density at radius 3 is 2.48 bits per heavy atom. The lowest BCUT2D eigenvalue weighted by Gasteiger charge is -2.03. The Labute approximate surface area is 174 Å². The molecule has 0 bridgehead atoms. The van der Waals surface area contributed by atoms with Crippen LogP contribution in [0.25, 0.3) is 11.3 Å². The summed E-state index contributed by atoms with van der Waals surface area (Å²) in [4.78, 5) is 37.4. The van der Waals surface area contributed by atoms with Gasteiger partial charge in [0.2, 0.25) is 5.91 Å². The molecule has 150 valence electrons. The van der Waals surface area contributed by atoms with Crippen LogP contribution in [-0.4, -0.2) is 39.2 Å². The number of nitrogens with zero attached hydrogens (tertiary/aromatic N) is 3. The number of hydrogen-bond donors (Lipinski definition) is 3. The Hall–Kier alpha value is -3.18. The molecular formula is C18H18N6O3S2. The SMILES string of the molecule is CCOC(=O)c1sc(NC(=O)CSc2nc(N)cc(N)n2)nc1-c1ccccc1. The number of thiazole rings is 1. The van der Waals surface area contributed by atoms with Gasteiger partial charge in [-0.05, 0) is 6.92 Å². The number of ether oxygens (including phenoxy) is 1. The molecule has 0 saturated heterocycles. The van der Waals surface area contributed by atoms with E-state index in [2.05, 4.69) is 20.3 Å². The molecule has 5 N–H and O–H groups in total. The van der Waals surface area contributed by atoms with Crippen molar-refractivity contribution in [1.29, 1.82) is 0 Å². The maximum atomic E-state index is 12.3. The predicted octanol–water partition coefficient (Wildman–Crippen LogP) is 2.67. The van der Waals surface area contributed by atoms with Gasteiger partial charge in [0.1, 0.15) is 16.5 Å². The number of nitrogens with one attached hydrogen (secondary N) is 1. The first-order chi connectivity index (χ1) is 14.0. The standard InChI is InChI=1S/C18H18N6O3S2/c1-2-27-16(26)15-14(10-6-4-3-5-7-10)24-18(29-15)23-13(25)9-28-17-21-11(19)8-12(20)22-17/h3-8H,2,9H2,1H3,(H,23,24,25)(H4,19,20,21,22). The van der Waals surface area contributed by atoms with Gasteiger partial charge >= 0.3 is 5.97 Å². The second kappa shape index (κ2) is 9.34. The molecule has 3 aromatic rings. The number of carbonyl (C=O) groups excluding carboxylic acids is 2. The molecule has 0 saturated carbocycles. The van der Waals surface area contributed by atoms with Crippen LogP contribution in [0.1, 0.15) is 16.6 Å². The minimum absolute atomic E-state index is 0.0257. The number of esters is 1. The molecule has 3 rings (SSSR count). The molecule has 2 aromatic heterocycles. The predicted molar refractivity (Wildman–Crippen MR) is 114 cm³/mol. The number of rotatable bonds is 7. The van der Waals surface area contributed by atoms with Gasteiger partial charge in [0.05, 0.1) is 18.1 Å². The lowest BCUT2D eigenvalue weighted by molar-refractivity contribution is -0.113. The summed E-state index contributed by atoms with van der Waals surface area (Å²) in [6.45, 7) is 1.97. The maximum absolute atomic E-state index is 12.3. The van der Waals surface area contributed by atoms with Gasteiger partial charge in [0.25, 0.3) is 0 Å². The van der Waals surface area contributed by atoms with Gasteiger partial charge in [0, 0.05) is 11.6 Å². The van der Waals surface area contributed by atoms with E-state index in [4.69, 9.17) is 16.2 Å². The zero-order valence-corrected chi connectivity index (χ0v) is 17.0. The highest BCUT2D eigenvalue weighted by molar-refractivity contribution is 7.99. The van der Waals surface area contributed by atoms with Crippen LogP contribution in [0.2, 0.25) is 0 Å². The van der Waals surface area contributed by atoms with Gasteiger partial charge in [0.15, 0.2) is 10.3 Å². The minimum atomic E-state index is -0.484. The normalized spacial score (nSPS) is 10.5. The monoisotopic (exact) mass is 430 g/mol. The van der Waals surface area contributed by atoms with E-state index in [0.717, 1.165) is 28.7 Å². The third-order valence-electron chi connectivity index (χ3n) is 3.46. The van der Waals surface area contributed by atoms with Crippen LogP contribution in [0, 0.1) is 0 Å². The van der Waals surface area contributed by atoms with Gasteiger partial charge in [-0.3, -0.25) is 4.79 Å². The molecule has 29 heavy (non-hydrogen) atoms. The van der Waals surface area contributed by atoms with Crippen molar-refractivity contribution in [3.63, 3.8) is 0 Å². The van der Waals surface area contributed by atoms with Crippen LogP contribution < -0.4 is 16.8 Å². The average Bonchev–Trinajstić information content (AvgIpc) is 3.10. The van der Waals surface area contributed by atoms with Gasteiger partial charge in [-0.2, -0.15) is 0 Å². The van der Waals surface area contributed by atoms with E-state index in [9.17, 15) is 9.59 Å². The Balaban J connectivity index is 1.74. The molecule has 0 aliphatic heterocycles. The van der Waals surface area contributed by atoms with Crippen molar-refractivity contribution < 1.29 is 14.3 Å². The Bertz CT molecular complexity index is 1010. The number of nitrogens with two attached hydrogens (primary N) is 2. The van der Waals surface area contributed by atoms with Crippen LogP contribution in [0.3, 0.4) is 0 Å². The zero-order valence-electron chi connectivity index (χ0n) is 15.4. The number of nitrogen functional groups attached to an aromatic ring is 2. The van der Waals surface area contributed by atoms with Crippen LogP contribution >= 0.6 is 23.1 Å². The highest BCUT2D eigenvalue weighted by Gasteiger charge is 2.21. The fourth-order valence-corrected chi connectivity index (χ4v) is 3.88. The van der Waals surface area contributed by atoms with Crippen LogP contribution in [-0.2, 0) is 9.53 Å². The Morgan fingerprint density at radius 1 is 1.14 bits per heavy atom. The number of benzene rings is 1. The van der Waals surface area contributed by atoms with Crippen molar-refractivity contribution in [2.45, 2.75) is 12.1 Å². The summed E-state index contributed by atoms with van der Waals surface area (Å²) in [5.74, 6) is -0.331. The fraction of sp³-hybridized carbons (Fsp3) is 0.167. The molecule has 0 radical (unpaired) electrons. The van der Waals surface area contributed by atoms with E-state index in [1.54, 1.807) is 6.92 Å². The average molecular weight is 431 g/mol. The second-order valence-corrected chi connectivity index (χ2v) is 7.56. The first kappa shape index (κ1) is 20.6. The van der Waals surface area contributed by atoms with Crippen molar-refractivity contribution in [1.82, 2.24) is 15.0 Å². The van der Waals surface area contributed by atoms with Gasteiger partial charge in [-0.25, -0.2) is 19.7 Å². The summed E-state index contributed by atoms with van der Waals surface area (Å²) >= 11 is 2.15. The van der Waals surface area contributed by atoms with Crippen LogP contribution in [0.4, 0.5) is 16.8 Å². The van der Waals surface area contributed by atoms with Gasteiger partial charge in [-0.1, -0.05) is 53.4 Å². The third-order valence-corrected chi connectivity index (χ3v) is 5.26. The first-order valence-corrected chi connectivity index (χ1v) is 10.3. The lowest BCUT2D eigenvalue weighted by atomic mass is 10.1. The minimum Gasteiger partial charge on any atom is -0.462 e. The number of hydrogen-bond acceptors (Lipinski definition) is 10. The summed E-state index contributed by atoms with van der Waals surface area (Å²) < 4.78 is 5.11. The second-order valence-electron chi connectivity index (χ2n) is 5.62. The van der Waals surface area contributed by atoms with Crippen molar-refractivity contribution in [3.8, 4) is 11.3 Å². The molecule has 0 aliphatic rings. The van der Waals surface area contributed by atoms with Crippen molar-refractivity contribution in [3.05, 3.63) is 41.3 Å². The number of aromatic nitrogens is 3. The van der Waals surface area contributed by atoms with E-state index < -0.39 is 5.97 Å². The number of anilines is 3. The molecule has 1 amide bonds. The molecular weight excluding hydrogens is 412 g/mol. The van der Waals surface area contributed by atoms with E-state index in [1.807, 2.05) is 30.3 Å². The molecule has 0 fully saturated rings. The number of amides is 1. The van der Waals surface area contributed by atoms with E-state index >= 15 is 0 Å². The van der Waals surface area contributed by atoms with Gasteiger partial charge in [-0.15, -0.1) is 0 Å². The summed E-state index contributed by atoms with van der Waals surface area (Å²) in [7, 11) is 0. The first-order valence-electron chi connectivity index (χ1n) is 8.52. The molecule has 0 atom stereocenters. The summed E-state index contributed by atoms with van der Waals surface area (Å²) in [6, 6.07) is 10.7. The highest BCUT2D eigenvalue weighted by Crippen LogP contribution is 2.32. The summed E-state index contributed by atoms with van der Waals surface area (Å²) in [5.41, 5.74) is 12.5. The molecule has 9 nitrogen and oxygen atoms in total. The molecule has 0 unspecified atom stereocenters. The largest absolute Gasteiger partial charge is 0.462 e. The Morgan fingerprint density at radius 2 is 1.83 bits per heavy atom.